The molecule has 2 N–H and O–H groups in total. The maximum absolute atomic E-state index is 10.5. The number of fused-ring (bicyclic) bond motifs is 1. The van der Waals surface area contributed by atoms with Crippen molar-refractivity contribution in [2.45, 2.75) is 18.9 Å². The summed E-state index contributed by atoms with van der Waals surface area (Å²) in [5.74, 6) is 0.124. The van der Waals surface area contributed by atoms with E-state index in [9.17, 15) is 5.11 Å². The Labute approximate surface area is 173 Å². The van der Waals surface area contributed by atoms with Crippen molar-refractivity contribution in [2.75, 3.05) is 25.0 Å². The second-order valence-corrected chi connectivity index (χ2v) is 9.50. The maximum Gasteiger partial charge on any atom is 0.188 e. The summed E-state index contributed by atoms with van der Waals surface area (Å²) in [5.41, 5.74) is 3.11. The summed E-state index contributed by atoms with van der Waals surface area (Å²) in [5, 5.41) is 15.6. The van der Waals surface area contributed by atoms with Crippen LogP contribution in [0.4, 0.5) is 5.13 Å². The standard InChI is InChI=1S/C18H18N6OS3/c1-24(11-2-4-19-5-3-11)18-23-17-16(28-18)22-15(27-17)14-12(25)6-10(7-21-14)13-8-20-9-26-13/h6-9,11,19,25H,2-5H2,1H3. The Kier molecular flexibility index (Phi) is 4.71. The summed E-state index contributed by atoms with van der Waals surface area (Å²) in [7, 11) is 2.12. The zero-order chi connectivity index (χ0) is 19.1. The maximum atomic E-state index is 10.5. The molecule has 0 atom stereocenters. The van der Waals surface area contributed by atoms with Crippen LogP contribution in [0.5, 0.6) is 5.75 Å². The SMILES string of the molecule is CN(c1nc2sc(-c3ncc(-c4cncs4)cc3O)nc2s1)C1CCNCC1. The van der Waals surface area contributed by atoms with Crippen LogP contribution in [-0.2, 0) is 0 Å². The summed E-state index contributed by atoms with van der Waals surface area (Å²) >= 11 is 4.58. The number of piperidine rings is 1. The van der Waals surface area contributed by atoms with E-state index in [2.05, 4.69) is 32.2 Å². The molecule has 28 heavy (non-hydrogen) atoms. The summed E-state index contributed by atoms with van der Waals surface area (Å²) < 4.78 is 0. The number of nitrogens with zero attached hydrogens (tertiary/aromatic N) is 5. The lowest BCUT2D eigenvalue weighted by Crippen LogP contribution is -2.41. The van der Waals surface area contributed by atoms with Crippen LogP contribution >= 0.6 is 34.0 Å². The predicted octanol–water partition coefficient (Wildman–Crippen LogP) is 3.83. The Balaban J connectivity index is 1.42. The average molecular weight is 431 g/mol. The van der Waals surface area contributed by atoms with E-state index in [0.717, 1.165) is 51.2 Å². The van der Waals surface area contributed by atoms with Crippen LogP contribution in [0.1, 0.15) is 12.8 Å². The molecule has 0 aliphatic carbocycles. The van der Waals surface area contributed by atoms with Gasteiger partial charge in [0.05, 0.1) is 10.4 Å². The van der Waals surface area contributed by atoms with E-state index in [1.54, 1.807) is 35.3 Å². The second-order valence-electron chi connectivity index (χ2n) is 6.68. The molecule has 5 heterocycles. The molecule has 1 saturated heterocycles. The minimum Gasteiger partial charge on any atom is -0.506 e. The molecule has 1 aliphatic heterocycles. The number of pyridine rings is 1. The fraction of sp³-hybridized carbons (Fsp3) is 0.333. The molecule has 0 radical (unpaired) electrons. The lowest BCUT2D eigenvalue weighted by atomic mass is 10.1. The molecular formula is C18H18N6OS3. The lowest BCUT2D eigenvalue weighted by Gasteiger charge is -2.31. The average Bonchev–Trinajstić information content (AvgIpc) is 3.44. The highest BCUT2D eigenvalue weighted by molar-refractivity contribution is 7.29. The van der Waals surface area contributed by atoms with Crippen LogP contribution in [-0.4, -0.2) is 51.2 Å². The van der Waals surface area contributed by atoms with Gasteiger partial charge in [-0.25, -0.2) is 15.0 Å². The van der Waals surface area contributed by atoms with Gasteiger partial charge in [0.1, 0.15) is 16.5 Å². The van der Waals surface area contributed by atoms with Gasteiger partial charge >= 0.3 is 0 Å². The largest absolute Gasteiger partial charge is 0.506 e. The molecule has 0 unspecified atom stereocenters. The van der Waals surface area contributed by atoms with Crippen LogP contribution in [0.2, 0.25) is 0 Å². The number of nitrogens with one attached hydrogen (secondary N) is 1. The zero-order valence-electron chi connectivity index (χ0n) is 15.1. The molecule has 1 aliphatic rings. The number of rotatable bonds is 4. The Morgan fingerprint density at radius 3 is 2.68 bits per heavy atom. The first-order valence-corrected chi connectivity index (χ1v) is 11.5. The molecule has 0 spiro atoms. The lowest BCUT2D eigenvalue weighted by molar-refractivity contribution is 0.443. The first kappa shape index (κ1) is 17.9. The van der Waals surface area contributed by atoms with Gasteiger partial charge in [0.15, 0.2) is 14.8 Å². The molecule has 1 fully saturated rings. The summed E-state index contributed by atoms with van der Waals surface area (Å²) in [6.45, 7) is 2.11. The van der Waals surface area contributed by atoms with E-state index in [0.29, 0.717) is 16.7 Å². The first-order valence-electron chi connectivity index (χ1n) is 8.98. The molecule has 5 rings (SSSR count). The van der Waals surface area contributed by atoms with E-state index in [1.165, 1.54) is 22.7 Å². The minimum atomic E-state index is 0.124. The first-order chi connectivity index (χ1) is 13.7. The smallest absolute Gasteiger partial charge is 0.188 e. The highest BCUT2D eigenvalue weighted by atomic mass is 32.1. The quantitative estimate of drug-likeness (QED) is 0.509. The van der Waals surface area contributed by atoms with Crippen molar-refractivity contribution in [1.82, 2.24) is 25.3 Å². The van der Waals surface area contributed by atoms with Crippen molar-refractivity contribution in [3.63, 3.8) is 0 Å². The normalized spacial score (nSPS) is 15.3. The number of aromatic nitrogens is 4. The van der Waals surface area contributed by atoms with Gasteiger partial charge in [0, 0.05) is 31.0 Å². The van der Waals surface area contributed by atoms with Gasteiger partial charge in [-0.05, 0) is 32.0 Å². The Morgan fingerprint density at radius 1 is 1.14 bits per heavy atom. The fourth-order valence-electron chi connectivity index (χ4n) is 3.34. The van der Waals surface area contributed by atoms with Gasteiger partial charge in [-0.3, -0.25) is 4.98 Å². The van der Waals surface area contributed by atoms with Crippen molar-refractivity contribution in [3.05, 3.63) is 24.0 Å². The minimum absolute atomic E-state index is 0.124. The number of aromatic hydroxyl groups is 1. The molecule has 4 aromatic rings. The van der Waals surface area contributed by atoms with Crippen LogP contribution in [0, 0.1) is 0 Å². The van der Waals surface area contributed by atoms with E-state index in [-0.39, 0.29) is 5.75 Å². The molecule has 0 bridgehead atoms. The number of hydrogen-bond donors (Lipinski definition) is 2. The molecule has 4 aromatic heterocycles. The molecule has 0 aromatic carbocycles. The second kappa shape index (κ2) is 7.36. The third-order valence-corrected chi connectivity index (χ3v) is 7.86. The van der Waals surface area contributed by atoms with Crippen molar-refractivity contribution in [1.29, 1.82) is 0 Å². The number of anilines is 1. The number of hydrogen-bond acceptors (Lipinski definition) is 10. The van der Waals surface area contributed by atoms with Crippen LogP contribution in [0.15, 0.2) is 24.0 Å². The van der Waals surface area contributed by atoms with E-state index in [1.807, 2.05) is 0 Å². The molecule has 0 saturated carbocycles. The Bertz CT molecular complexity index is 1070. The van der Waals surface area contributed by atoms with Crippen molar-refractivity contribution in [2.24, 2.45) is 0 Å². The van der Waals surface area contributed by atoms with Gasteiger partial charge in [-0.1, -0.05) is 22.7 Å². The highest BCUT2D eigenvalue weighted by Crippen LogP contribution is 2.39. The van der Waals surface area contributed by atoms with E-state index < -0.39 is 0 Å². The third-order valence-electron chi connectivity index (χ3n) is 4.91. The third kappa shape index (κ3) is 3.26. The van der Waals surface area contributed by atoms with Gasteiger partial charge in [-0.15, -0.1) is 11.3 Å². The van der Waals surface area contributed by atoms with Crippen LogP contribution in [0.25, 0.3) is 30.8 Å². The molecule has 0 amide bonds. The van der Waals surface area contributed by atoms with Crippen LogP contribution in [0.3, 0.4) is 0 Å². The van der Waals surface area contributed by atoms with Crippen LogP contribution < -0.4 is 10.2 Å². The number of thiazole rings is 3. The topological polar surface area (TPSA) is 87.1 Å². The zero-order valence-corrected chi connectivity index (χ0v) is 17.6. The Morgan fingerprint density at radius 2 is 1.96 bits per heavy atom. The molecular weight excluding hydrogens is 412 g/mol. The van der Waals surface area contributed by atoms with Gasteiger partial charge in [0.25, 0.3) is 0 Å². The molecule has 144 valence electrons. The van der Waals surface area contributed by atoms with Crippen molar-refractivity contribution < 1.29 is 5.11 Å². The van der Waals surface area contributed by atoms with Gasteiger partial charge in [0.2, 0.25) is 0 Å². The van der Waals surface area contributed by atoms with Crippen molar-refractivity contribution in [3.8, 4) is 26.9 Å². The van der Waals surface area contributed by atoms with Gasteiger partial charge < -0.3 is 15.3 Å². The highest BCUT2D eigenvalue weighted by Gasteiger charge is 2.22. The van der Waals surface area contributed by atoms with Crippen molar-refractivity contribution >= 4 is 48.8 Å². The van der Waals surface area contributed by atoms with E-state index in [4.69, 9.17) is 4.98 Å². The summed E-state index contributed by atoms with van der Waals surface area (Å²) in [4.78, 5) is 23.0. The summed E-state index contributed by atoms with van der Waals surface area (Å²) in [6.07, 6.45) is 5.78. The van der Waals surface area contributed by atoms with Gasteiger partial charge in [-0.2, -0.15) is 0 Å². The molecule has 7 nitrogen and oxygen atoms in total. The Hall–Kier alpha value is -2.14. The fourth-order valence-corrected chi connectivity index (χ4v) is 6.03. The summed E-state index contributed by atoms with van der Waals surface area (Å²) in [6, 6.07) is 2.24. The predicted molar refractivity (Wildman–Crippen MR) is 116 cm³/mol. The monoisotopic (exact) mass is 430 g/mol. The van der Waals surface area contributed by atoms with E-state index >= 15 is 0 Å². The molecule has 10 heteroatoms.